The Morgan fingerprint density at radius 3 is 2.50 bits per heavy atom. The number of nitrogens with zero attached hydrogens (tertiary/aromatic N) is 1. The Bertz CT molecular complexity index is 573. The topological polar surface area (TPSA) is 69.4 Å². The number of nitrogens with two attached hydrogens (primary N) is 1. The predicted octanol–water partition coefficient (Wildman–Crippen LogP) is 3.20. The van der Waals surface area contributed by atoms with E-state index in [1.807, 2.05) is 44.2 Å². The van der Waals surface area contributed by atoms with E-state index in [0.717, 1.165) is 11.4 Å². The first kappa shape index (κ1) is 14.0. The largest absolute Gasteiger partial charge is 0.490 e. The number of nitrogen functional groups attached to an aromatic ring is 1. The Kier molecular flexibility index (Phi) is 4.65. The highest BCUT2D eigenvalue weighted by atomic mass is 16.5. The van der Waals surface area contributed by atoms with Crippen LogP contribution in [-0.4, -0.2) is 18.2 Å². The van der Waals surface area contributed by atoms with Crippen LogP contribution in [0.4, 0.5) is 17.3 Å². The summed E-state index contributed by atoms with van der Waals surface area (Å²) in [6.07, 6.45) is 0. The van der Waals surface area contributed by atoms with E-state index >= 15 is 0 Å². The summed E-state index contributed by atoms with van der Waals surface area (Å²) in [4.78, 5) is 4.20. The van der Waals surface area contributed by atoms with Gasteiger partial charge in [0.1, 0.15) is 11.6 Å². The molecule has 2 rings (SSSR count). The number of benzene rings is 1. The lowest BCUT2D eigenvalue weighted by Crippen LogP contribution is -2.00. The molecule has 0 radical (unpaired) electrons. The van der Waals surface area contributed by atoms with Crippen LogP contribution in [-0.2, 0) is 0 Å². The summed E-state index contributed by atoms with van der Waals surface area (Å²) in [5, 5.41) is 3.19. The highest BCUT2D eigenvalue weighted by Crippen LogP contribution is 2.31. The van der Waals surface area contributed by atoms with Crippen molar-refractivity contribution in [2.45, 2.75) is 13.8 Å². The Labute approximate surface area is 118 Å². The lowest BCUT2D eigenvalue weighted by atomic mass is 10.2. The molecule has 1 aromatic heterocycles. The van der Waals surface area contributed by atoms with Crippen LogP contribution in [0.2, 0.25) is 0 Å². The predicted molar refractivity (Wildman–Crippen MR) is 80.7 cm³/mol. The van der Waals surface area contributed by atoms with E-state index in [2.05, 4.69) is 10.3 Å². The Morgan fingerprint density at radius 1 is 1.05 bits per heavy atom. The summed E-state index contributed by atoms with van der Waals surface area (Å²) in [5.41, 5.74) is 6.53. The van der Waals surface area contributed by atoms with Crippen LogP contribution in [0.15, 0.2) is 36.4 Å². The molecule has 0 atom stereocenters. The van der Waals surface area contributed by atoms with Crippen LogP contribution >= 0.6 is 0 Å². The highest BCUT2D eigenvalue weighted by Gasteiger charge is 2.06. The minimum atomic E-state index is 0.478. The van der Waals surface area contributed by atoms with Gasteiger partial charge in [-0.1, -0.05) is 6.07 Å². The second-order valence-corrected chi connectivity index (χ2v) is 4.10. The van der Waals surface area contributed by atoms with Gasteiger partial charge in [0.15, 0.2) is 11.5 Å². The first-order valence-corrected chi connectivity index (χ1v) is 6.62. The smallest absolute Gasteiger partial charge is 0.163 e. The number of hydrogen-bond acceptors (Lipinski definition) is 5. The Morgan fingerprint density at radius 2 is 1.80 bits per heavy atom. The Hall–Kier alpha value is -2.43. The van der Waals surface area contributed by atoms with Gasteiger partial charge in [-0.05, 0) is 38.1 Å². The third-order valence-corrected chi connectivity index (χ3v) is 2.59. The van der Waals surface area contributed by atoms with Gasteiger partial charge < -0.3 is 20.5 Å². The quantitative estimate of drug-likeness (QED) is 0.845. The van der Waals surface area contributed by atoms with Crippen molar-refractivity contribution in [3.05, 3.63) is 36.4 Å². The van der Waals surface area contributed by atoms with Crippen molar-refractivity contribution >= 4 is 17.3 Å². The molecular weight excluding hydrogens is 254 g/mol. The molecule has 5 nitrogen and oxygen atoms in total. The molecule has 20 heavy (non-hydrogen) atoms. The number of rotatable bonds is 6. The maximum atomic E-state index is 5.66. The van der Waals surface area contributed by atoms with Crippen LogP contribution in [0, 0.1) is 0 Å². The van der Waals surface area contributed by atoms with Crippen molar-refractivity contribution in [1.29, 1.82) is 0 Å². The third kappa shape index (κ3) is 3.54. The standard InChI is InChI=1S/C15H19N3O2/c1-3-19-12-9-8-11(10-13(12)20-4-2)17-15-7-5-6-14(16)18-15/h5-10H,3-4H2,1-2H3,(H3,16,17,18). The van der Waals surface area contributed by atoms with Gasteiger partial charge in [-0.2, -0.15) is 0 Å². The summed E-state index contributed by atoms with van der Waals surface area (Å²) in [6.45, 7) is 5.07. The summed E-state index contributed by atoms with van der Waals surface area (Å²) in [5.74, 6) is 2.62. The molecule has 0 saturated heterocycles. The SMILES string of the molecule is CCOc1ccc(Nc2cccc(N)n2)cc1OCC. The van der Waals surface area contributed by atoms with Crippen molar-refractivity contribution in [3.8, 4) is 11.5 Å². The molecule has 0 aliphatic rings. The molecule has 0 fully saturated rings. The zero-order chi connectivity index (χ0) is 14.4. The maximum Gasteiger partial charge on any atom is 0.163 e. The lowest BCUT2D eigenvalue weighted by molar-refractivity contribution is 0.288. The van der Waals surface area contributed by atoms with Crippen molar-refractivity contribution < 1.29 is 9.47 Å². The number of hydrogen-bond donors (Lipinski definition) is 2. The second kappa shape index (κ2) is 6.65. The zero-order valence-corrected chi connectivity index (χ0v) is 11.7. The summed E-state index contributed by atoms with van der Waals surface area (Å²) < 4.78 is 11.1. The molecule has 1 heterocycles. The van der Waals surface area contributed by atoms with Crippen LogP contribution in [0.1, 0.15) is 13.8 Å². The summed E-state index contributed by atoms with van der Waals surface area (Å²) in [6, 6.07) is 11.1. The van der Waals surface area contributed by atoms with Crippen LogP contribution < -0.4 is 20.5 Å². The minimum Gasteiger partial charge on any atom is -0.490 e. The first-order valence-electron chi connectivity index (χ1n) is 6.62. The zero-order valence-electron chi connectivity index (χ0n) is 11.7. The fraction of sp³-hybridized carbons (Fsp3) is 0.267. The van der Waals surface area contributed by atoms with E-state index < -0.39 is 0 Å². The fourth-order valence-electron chi connectivity index (χ4n) is 1.80. The van der Waals surface area contributed by atoms with Gasteiger partial charge in [-0.3, -0.25) is 0 Å². The molecule has 0 spiro atoms. The molecule has 0 aliphatic carbocycles. The van der Waals surface area contributed by atoms with E-state index in [1.165, 1.54) is 0 Å². The minimum absolute atomic E-state index is 0.478. The third-order valence-electron chi connectivity index (χ3n) is 2.59. The molecular formula is C15H19N3O2. The number of anilines is 3. The first-order chi connectivity index (χ1) is 9.72. The average Bonchev–Trinajstić information content (AvgIpc) is 2.42. The number of nitrogens with one attached hydrogen (secondary N) is 1. The normalized spacial score (nSPS) is 10.1. The van der Waals surface area contributed by atoms with Gasteiger partial charge in [0.25, 0.3) is 0 Å². The maximum absolute atomic E-state index is 5.66. The molecule has 0 aliphatic heterocycles. The van der Waals surface area contributed by atoms with E-state index in [4.69, 9.17) is 15.2 Å². The molecule has 5 heteroatoms. The molecule has 0 saturated carbocycles. The van der Waals surface area contributed by atoms with E-state index in [9.17, 15) is 0 Å². The second-order valence-electron chi connectivity index (χ2n) is 4.10. The number of ether oxygens (including phenoxy) is 2. The number of aromatic nitrogens is 1. The molecule has 0 unspecified atom stereocenters. The number of pyridine rings is 1. The van der Waals surface area contributed by atoms with Gasteiger partial charge in [0.05, 0.1) is 13.2 Å². The monoisotopic (exact) mass is 273 g/mol. The van der Waals surface area contributed by atoms with Crippen molar-refractivity contribution in [1.82, 2.24) is 4.98 Å². The molecule has 1 aromatic carbocycles. The van der Waals surface area contributed by atoms with E-state index in [1.54, 1.807) is 6.07 Å². The van der Waals surface area contributed by atoms with Crippen LogP contribution in [0.25, 0.3) is 0 Å². The van der Waals surface area contributed by atoms with Crippen molar-refractivity contribution in [2.75, 3.05) is 24.3 Å². The fourth-order valence-corrected chi connectivity index (χ4v) is 1.80. The van der Waals surface area contributed by atoms with E-state index in [0.29, 0.717) is 30.6 Å². The van der Waals surface area contributed by atoms with Crippen LogP contribution in [0.3, 0.4) is 0 Å². The van der Waals surface area contributed by atoms with E-state index in [-0.39, 0.29) is 0 Å². The van der Waals surface area contributed by atoms with Gasteiger partial charge in [-0.25, -0.2) is 4.98 Å². The Balaban J connectivity index is 2.22. The summed E-state index contributed by atoms with van der Waals surface area (Å²) in [7, 11) is 0. The molecule has 0 bridgehead atoms. The molecule has 0 amide bonds. The van der Waals surface area contributed by atoms with Gasteiger partial charge >= 0.3 is 0 Å². The van der Waals surface area contributed by atoms with Gasteiger partial charge in [-0.15, -0.1) is 0 Å². The summed E-state index contributed by atoms with van der Waals surface area (Å²) >= 11 is 0. The van der Waals surface area contributed by atoms with Crippen molar-refractivity contribution in [3.63, 3.8) is 0 Å². The molecule has 106 valence electrons. The highest BCUT2D eigenvalue weighted by molar-refractivity contribution is 5.62. The van der Waals surface area contributed by atoms with Gasteiger partial charge in [0, 0.05) is 11.8 Å². The van der Waals surface area contributed by atoms with Crippen molar-refractivity contribution in [2.24, 2.45) is 0 Å². The molecule has 3 N–H and O–H groups in total. The van der Waals surface area contributed by atoms with Gasteiger partial charge in [0.2, 0.25) is 0 Å². The van der Waals surface area contributed by atoms with Crippen LogP contribution in [0.5, 0.6) is 11.5 Å². The molecule has 2 aromatic rings. The lowest BCUT2D eigenvalue weighted by Gasteiger charge is -2.13. The average molecular weight is 273 g/mol.